The normalized spacial score (nSPS) is 11.7. The van der Waals surface area contributed by atoms with Crippen molar-refractivity contribution in [2.45, 2.75) is 52.6 Å². The van der Waals surface area contributed by atoms with Crippen molar-refractivity contribution in [2.75, 3.05) is 20.8 Å². The van der Waals surface area contributed by atoms with Gasteiger partial charge in [0.1, 0.15) is 6.04 Å². The van der Waals surface area contributed by atoms with Crippen LogP contribution in [0.3, 0.4) is 0 Å². The number of rotatable bonds is 12. The summed E-state index contributed by atoms with van der Waals surface area (Å²) >= 11 is 6.37. The predicted molar refractivity (Wildman–Crippen MR) is 132 cm³/mol. The minimum Gasteiger partial charge on any atom is -0.493 e. The minimum atomic E-state index is -0.571. The van der Waals surface area contributed by atoms with E-state index in [1.165, 1.54) is 0 Å². The highest BCUT2D eigenvalue weighted by atomic mass is 35.5. The highest BCUT2D eigenvalue weighted by Gasteiger charge is 2.29. The van der Waals surface area contributed by atoms with Crippen LogP contribution in [0.2, 0.25) is 5.02 Å². The molecule has 2 aromatic carbocycles. The van der Waals surface area contributed by atoms with E-state index in [0.717, 1.165) is 11.1 Å². The summed E-state index contributed by atoms with van der Waals surface area (Å²) in [6.07, 6.45) is 1.28. The zero-order chi connectivity index (χ0) is 24.4. The number of aryl methyl sites for hydroxylation is 1. The first kappa shape index (κ1) is 26.5. The number of amides is 2. The SMILES string of the molecule is CC[C@H](C(=O)NCC(C)C)N(Cc1ccccc1Cl)C(=O)CCc1ccc(OC)c(OC)c1. The van der Waals surface area contributed by atoms with E-state index >= 15 is 0 Å². The highest BCUT2D eigenvalue weighted by Crippen LogP contribution is 2.28. The van der Waals surface area contributed by atoms with E-state index in [1.807, 2.05) is 57.2 Å². The van der Waals surface area contributed by atoms with Crippen molar-refractivity contribution in [1.29, 1.82) is 0 Å². The van der Waals surface area contributed by atoms with E-state index < -0.39 is 6.04 Å². The van der Waals surface area contributed by atoms with Gasteiger partial charge in [0.25, 0.3) is 0 Å². The minimum absolute atomic E-state index is 0.101. The third-order valence-electron chi connectivity index (χ3n) is 5.44. The first-order valence-corrected chi connectivity index (χ1v) is 11.7. The molecule has 7 heteroatoms. The molecule has 1 atom stereocenters. The van der Waals surface area contributed by atoms with E-state index in [1.54, 1.807) is 25.2 Å². The number of carbonyl (C=O) groups is 2. The molecule has 0 heterocycles. The van der Waals surface area contributed by atoms with Gasteiger partial charge < -0.3 is 19.7 Å². The Kier molecular flexibility index (Phi) is 10.5. The molecule has 0 saturated carbocycles. The lowest BCUT2D eigenvalue weighted by molar-refractivity contribution is -0.141. The Labute approximate surface area is 202 Å². The van der Waals surface area contributed by atoms with Gasteiger partial charge in [0.15, 0.2) is 11.5 Å². The molecule has 0 saturated heterocycles. The van der Waals surface area contributed by atoms with Crippen molar-refractivity contribution < 1.29 is 19.1 Å². The van der Waals surface area contributed by atoms with E-state index in [2.05, 4.69) is 5.32 Å². The third kappa shape index (κ3) is 7.67. The van der Waals surface area contributed by atoms with Crippen LogP contribution >= 0.6 is 11.6 Å². The van der Waals surface area contributed by atoms with Crippen LogP contribution < -0.4 is 14.8 Å². The van der Waals surface area contributed by atoms with Crippen LogP contribution in [-0.2, 0) is 22.6 Å². The summed E-state index contributed by atoms with van der Waals surface area (Å²) in [7, 11) is 3.17. The molecular formula is C26H35ClN2O4. The second-order valence-electron chi connectivity index (χ2n) is 8.37. The standard InChI is InChI=1S/C26H35ClN2O4/c1-6-22(26(31)28-16-18(2)3)29(17-20-9-7-8-10-21(20)27)25(30)14-12-19-11-13-23(32-4)24(15-19)33-5/h7-11,13,15,18,22H,6,12,14,16-17H2,1-5H3,(H,28,31)/t22-/m1/s1. The quantitative estimate of drug-likeness (QED) is 0.476. The molecule has 0 radical (unpaired) electrons. The van der Waals surface area contributed by atoms with Gasteiger partial charge in [-0.3, -0.25) is 9.59 Å². The van der Waals surface area contributed by atoms with Crippen molar-refractivity contribution in [3.8, 4) is 11.5 Å². The van der Waals surface area contributed by atoms with Crippen molar-refractivity contribution in [2.24, 2.45) is 5.92 Å². The Morgan fingerprint density at radius 3 is 2.36 bits per heavy atom. The first-order chi connectivity index (χ1) is 15.8. The van der Waals surface area contributed by atoms with E-state index in [9.17, 15) is 9.59 Å². The number of benzene rings is 2. The molecule has 0 aliphatic rings. The van der Waals surface area contributed by atoms with Crippen LogP contribution in [0.25, 0.3) is 0 Å². The van der Waals surface area contributed by atoms with Crippen LogP contribution in [0.1, 0.15) is 44.7 Å². The fourth-order valence-electron chi connectivity index (χ4n) is 3.58. The highest BCUT2D eigenvalue weighted by molar-refractivity contribution is 6.31. The predicted octanol–water partition coefficient (Wildman–Crippen LogP) is 4.87. The molecule has 0 aliphatic heterocycles. The van der Waals surface area contributed by atoms with Gasteiger partial charge in [0, 0.05) is 24.5 Å². The average molecular weight is 475 g/mol. The molecule has 6 nitrogen and oxygen atoms in total. The molecule has 0 fully saturated rings. The molecule has 33 heavy (non-hydrogen) atoms. The molecule has 0 aliphatic carbocycles. The zero-order valence-corrected chi connectivity index (χ0v) is 20.9. The maximum atomic E-state index is 13.4. The number of ether oxygens (including phenoxy) is 2. The van der Waals surface area contributed by atoms with E-state index in [0.29, 0.717) is 41.8 Å². The number of nitrogens with zero attached hydrogens (tertiary/aromatic N) is 1. The van der Waals surface area contributed by atoms with Gasteiger partial charge in [-0.25, -0.2) is 0 Å². The van der Waals surface area contributed by atoms with Gasteiger partial charge in [-0.2, -0.15) is 0 Å². The van der Waals surface area contributed by atoms with Crippen LogP contribution in [0.4, 0.5) is 0 Å². The van der Waals surface area contributed by atoms with Gasteiger partial charge in [-0.1, -0.05) is 56.6 Å². The third-order valence-corrected chi connectivity index (χ3v) is 5.81. The van der Waals surface area contributed by atoms with E-state index in [4.69, 9.17) is 21.1 Å². The maximum Gasteiger partial charge on any atom is 0.242 e. The van der Waals surface area contributed by atoms with Gasteiger partial charge in [0.2, 0.25) is 11.8 Å². The first-order valence-electron chi connectivity index (χ1n) is 11.3. The molecule has 2 amide bonds. The monoisotopic (exact) mass is 474 g/mol. The summed E-state index contributed by atoms with van der Waals surface area (Å²) in [5, 5.41) is 3.55. The summed E-state index contributed by atoms with van der Waals surface area (Å²) in [4.78, 5) is 28.0. The van der Waals surface area contributed by atoms with Crippen LogP contribution in [0, 0.1) is 5.92 Å². The van der Waals surface area contributed by atoms with Gasteiger partial charge in [0.05, 0.1) is 14.2 Å². The second kappa shape index (κ2) is 13.1. The number of hydrogen-bond donors (Lipinski definition) is 1. The molecule has 180 valence electrons. The second-order valence-corrected chi connectivity index (χ2v) is 8.77. The Balaban J connectivity index is 2.23. The molecule has 2 aromatic rings. The number of nitrogens with one attached hydrogen (secondary N) is 1. The number of carbonyl (C=O) groups excluding carboxylic acids is 2. The Morgan fingerprint density at radius 2 is 1.76 bits per heavy atom. The molecule has 0 aromatic heterocycles. The summed E-state index contributed by atoms with van der Waals surface area (Å²) in [5.41, 5.74) is 1.77. The molecule has 1 N–H and O–H groups in total. The van der Waals surface area contributed by atoms with Crippen LogP contribution in [0.5, 0.6) is 11.5 Å². The van der Waals surface area contributed by atoms with Crippen molar-refractivity contribution in [3.63, 3.8) is 0 Å². The Morgan fingerprint density at radius 1 is 1.06 bits per heavy atom. The smallest absolute Gasteiger partial charge is 0.242 e. The summed E-state index contributed by atoms with van der Waals surface area (Å²) in [6, 6.07) is 12.5. The van der Waals surface area contributed by atoms with Gasteiger partial charge >= 0.3 is 0 Å². The lowest BCUT2D eigenvalue weighted by Crippen LogP contribution is -2.49. The zero-order valence-electron chi connectivity index (χ0n) is 20.2. The number of hydrogen-bond acceptors (Lipinski definition) is 4. The van der Waals surface area contributed by atoms with Crippen molar-refractivity contribution in [1.82, 2.24) is 10.2 Å². The average Bonchev–Trinajstić information content (AvgIpc) is 2.81. The van der Waals surface area contributed by atoms with Crippen LogP contribution in [-0.4, -0.2) is 43.5 Å². The van der Waals surface area contributed by atoms with Crippen LogP contribution in [0.15, 0.2) is 42.5 Å². The molecule has 2 rings (SSSR count). The lowest BCUT2D eigenvalue weighted by Gasteiger charge is -2.31. The Bertz CT molecular complexity index is 932. The fourth-order valence-corrected chi connectivity index (χ4v) is 3.78. The molecule has 0 spiro atoms. The topological polar surface area (TPSA) is 67.9 Å². The van der Waals surface area contributed by atoms with Gasteiger partial charge in [-0.15, -0.1) is 0 Å². The van der Waals surface area contributed by atoms with Crippen molar-refractivity contribution >= 4 is 23.4 Å². The van der Waals surface area contributed by atoms with Crippen molar-refractivity contribution in [3.05, 3.63) is 58.6 Å². The summed E-state index contributed by atoms with van der Waals surface area (Å²) < 4.78 is 10.7. The largest absolute Gasteiger partial charge is 0.493 e. The Hall–Kier alpha value is -2.73. The number of methoxy groups -OCH3 is 2. The maximum absolute atomic E-state index is 13.4. The molecule has 0 bridgehead atoms. The lowest BCUT2D eigenvalue weighted by atomic mass is 10.1. The summed E-state index contributed by atoms with van der Waals surface area (Å²) in [6.45, 7) is 6.84. The fraction of sp³-hybridized carbons (Fsp3) is 0.462. The van der Waals surface area contributed by atoms with E-state index in [-0.39, 0.29) is 24.8 Å². The molecule has 0 unspecified atom stereocenters. The van der Waals surface area contributed by atoms with Gasteiger partial charge in [-0.05, 0) is 48.1 Å². The summed E-state index contributed by atoms with van der Waals surface area (Å²) in [5.74, 6) is 1.34. The molecular weight excluding hydrogens is 440 g/mol. The number of halogens is 1.